The van der Waals surface area contributed by atoms with Crippen molar-refractivity contribution < 1.29 is 4.79 Å². The molecule has 18 heavy (non-hydrogen) atoms. The van der Waals surface area contributed by atoms with Crippen LogP contribution in [-0.4, -0.2) is 18.0 Å². The van der Waals surface area contributed by atoms with Crippen molar-refractivity contribution in [1.29, 1.82) is 0 Å². The van der Waals surface area contributed by atoms with Gasteiger partial charge in [0.05, 0.1) is 0 Å². The molecule has 0 aromatic rings. The fraction of sp³-hybridized carbons (Fsp3) is 0.933. The Balaban J connectivity index is 2.39. The first-order valence-corrected chi connectivity index (χ1v) is 7.60. The standard InChI is InChI=1S/C15H30N2O/c1-3-15(2,10-11-16)17-14(18)12-13-8-6-4-5-7-9-13/h13H,3-12,16H2,1-2H3,(H,17,18). The van der Waals surface area contributed by atoms with Gasteiger partial charge < -0.3 is 11.1 Å². The summed E-state index contributed by atoms with van der Waals surface area (Å²) in [6, 6.07) is 0. The summed E-state index contributed by atoms with van der Waals surface area (Å²) in [7, 11) is 0. The molecule has 106 valence electrons. The molecule has 1 amide bonds. The second kappa shape index (κ2) is 7.78. The van der Waals surface area contributed by atoms with E-state index in [1.807, 2.05) is 0 Å². The summed E-state index contributed by atoms with van der Waals surface area (Å²) in [6.07, 6.45) is 10.3. The molecule has 1 aliphatic carbocycles. The summed E-state index contributed by atoms with van der Waals surface area (Å²) in [4.78, 5) is 12.1. The predicted octanol–water partition coefficient (Wildman–Crippen LogP) is 2.98. The van der Waals surface area contributed by atoms with Gasteiger partial charge in [0.1, 0.15) is 0 Å². The minimum atomic E-state index is -0.115. The number of nitrogens with one attached hydrogen (secondary N) is 1. The molecule has 1 saturated carbocycles. The van der Waals surface area contributed by atoms with E-state index >= 15 is 0 Å². The summed E-state index contributed by atoms with van der Waals surface area (Å²) in [5.74, 6) is 0.825. The van der Waals surface area contributed by atoms with Gasteiger partial charge in [-0.1, -0.05) is 32.6 Å². The van der Waals surface area contributed by atoms with E-state index in [0.29, 0.717) is 18.9 Å². The lowest BCUT2D eigenvalue weighted by Gasteiger charge is -2.30. The first kappa shape index (κ1) is 15.5. The number of hydrogen-bond donors (Lipinski definition) is 2. The number of amides is 1. The maximum atomic E-state index is 12.1. The molecule has 0 radical (unpaired) electrons. The van der Waals surface area contributed by atoms with Crippen molar-refractivity contribution in [2.75, 3.05) is 6.54 Å². The molecule has 3 nitrogen and oxygen atoms in total. The normalized spacial score (nSPS) is 21.1. The van der Waals surface area contributed by atoms with E-state index in [1.54, 1.807) is 0 Å². The van der Waals surface area contributed by atoms with E-state index in [4.69, 9.17) is 5.73 Å². The van der Waals surface area contributed by atoms with Crippen LogP contribution in [0.4, 0.5) is 0 Å². The van der Waals surface area contributed by atoms with Crippen LogP contribution >= 0.6 is 0 Å². The van der Waals surface area contributed by atoms with E-state index in [-0.39, 0.29) is 11.4 Å². The van der Waals surface area contributed by atoms with Gasteiger partial charge in [0.15, 0.2) is 0 Å². The predicted molar refractivity (Wildman–Crippen MR) is 76.3 cm³/mol. The lowest BCUT2D eigenvalue weighted by atomic mass is 9.92. The van der Waals surface area contributed by atoms with Crippen LogP contribution in [0.2, 0.25) is 0 Å². The summed E-state index contributed by atoms with van der Waals surface area (Å²) in [5.41, 5.74) is 5.51. The molecule has 0 bridgehead atoms. The van der Waals surface area contributed by atoms with Crippen molar-refractivity contribution >= 4 is 5.91 Å². The van der Waals surface area contributed by atoms with E-state index < -0.39 is 0 Å². The SMILES string of the molecule is CCC(C)(CCN)NC(=O)CC1CCCCCC1. The topological polar surface area (TPSA) is 55.1 Å². The zero-order chi connectivity index (χ0) is 13.4. The van der Waals surface area contributed by atoms with E-state index in [1.165, 1.54) is 38.5 Å². The Morgan fingerprint density at radius 1 is 1.28 bits per heavy atom. The average Bonchev–Trinajstić information content (AvgIpc) is 2.57. The number of nitrogens with two attached hydrogens (primary N) is 1. The summed E-state index contributed by atoms with van der Waals surface area (Å²) >= 11 is 0. The molecule has 0 aromatic heterocycles. The minimum absolute atomic E-state index is 0.115. The van der Waals surface area contributed by atoms with Gasteiger partial charge in [-0.25, -0.2) is 0 Å². The van der Waals surface area contributed by atoms with Gasteiger partial charge >= 0.3 is 0 Å². The molecular weight excluding hydrogens is 224 g/mol. The van der Waals surface area contributed by atoms with Gasteiger partial charge in [0.25, 0.3) is 0 Å². The van der Waals surface area contributed by atoms with E-state index in [9.17, 15) is 4.79 Å². The first-order chi connectivity index (χ1) is 8.59. The minimum Gasteiger partial charge on any atom is -0.351 e. The van der Waals surface area contributed by atoms with Crippen molar-refractivity contribution in [3.05, 3.63) is 0 Å². The van der Waals surface area contributed by atoms with Crippen molar-refractivity contribution in [3.8, 4) is 0 Å². The molecule has 1 rings (SSSR count). The number of rotatable bonds is 6. The highest BCUT2D eigenvalue weighted by Gasteiger charge is 2.24. The summed E-state index contributed by atoms with van der Waals surface area (Å²) < 4.78 is 0. The first-order valence-electron chi connectivity index (χ1n) is 7.60. The molecule has 0 heterocycles. The molecule has 1 fully saturated rings. The third-order valence-corrected chi connectivity index (χ3v) is 4.37. The maximum Gasteiger partial charge on any atom is 0.220 e. The molecular formula is C15H30N2O. The molecule has 1 unspecified atom stereocenters. The highest BCUT2D eigenvalue weighted by molar-refractivity contribution is 5.77. The van der Waals surface area contributed by atoms with Crippen LogP contribution in [0.5, 0.6) is 0 Å². The van der Waals surface area contributed by atoms with Gasteiger partial charge in [-0.15, -0.1) is 0 Å². The van der Waals surface area contributed by atoms with Crippen molar-refractivity contribution in [3.63, 3.8) is 0 Å². The molecule has 0 spiro atoms. The summed E-state index contributed by atoms with van der Waals surface area (Å²) in [6.45, 7) is 4.85. The van der Waals surface area contributed by atoms with Gasteiger partial charge in [-0.3, -0.25) is 4.79 Å². The van der Waals surface area contributed by atoms with Crippen molar-refractivity contribution in [2.45, 2.75) is 77.2 Å². The fourth-order valence-electron chi connectivity index (χ4n) is 2.86. The molecule has 1 atom stereocenters. The number of hydrogen-bond acceptors (Lipinski definition) is 2. The molecule has 0 saturated heterocycles. The zero-order valence-corrected chi connectivity index (χ0v) is 12.1. The maximum absolute atomic E-state index is 12.1. The van der Waals surface area contributed by atoms with E-state index in [0.717, 1.165) is 12.8 Å². The smallest absolute Gasteiger partial charge is 0.220 e. The van der Waals surface area contributed by atoms with Gasteiger partial charge in [-0.2, -0.15) is 0 Å². The third kappa shape index (κ3) is 5.38. The number of carbonyl (C=O) groups is 1. The third-order valence-electron chi connectivity index (χ3n) is 4.37. The Labute approximate surface area is 112 Å². The Bertz CT molecular complexity index is 247. The van der Waals surface area contributed by atoms with Crippen LogP contribution in [0.3, 0.4) is 0 Å². The van der Waals surface area contributed by atoms with Crippen LogP contribution in [-0.2, 0) is 4.79 Å². The lowest BCUT2D eigenvalue weighted by Crippen LogP contribution is -2.47. The lowest BCUT2D eigenvalue weighted by molar-refractivity contribution is -0.124. The molecule has 0 aromatic carbocycles. The Morgan fingerprint density at radius 2 is 1.89 bits per heavy atom. The summed E-state index contributed by atoms with van der Waals surface area (Å²) in [5, 5.41) is 3.19. The van der Waals surface area contributed by atoms with Crippen LogP contribution in [0.15, 0.2) is 0 Å². The second-order valence-electron chi connectivity index (χ2n) is 6.06. The van der Waals surface area contributed by atoms with Crippen LogP contribution in [0, 0.1) is 5.92 Å². The number of carbonyl (C=O) groups excluding carboxylic acids is 1. The van der Waals surface area contributed by atoms with Crippen molar-refractivity contribution in [1.82, 2.24) is 5.32 Å². The van der Waals surface area contributed by atoms with Crippen LogP contribution < -0.4 is 11.1 Å². The van der Waals surface area contributed by atoms with Crippen LogP contribution in [0.1, 0.15) is 71.6 Å². The molecule has 0 aliphatic heterocycles. The van der Waals surface area contributed by atoms with Crippen molar-refractivity contribution in [2.24, 2.45) is 11.7 Å². The van der Waals surface area contributed by atoms with Crippen LogP contribution in [0.25, 0.3) is 0 Å². The second-order valence-corrected chi connectivity index (χ2v) is 6.06. The molecule has 3 heteroatoms. The molecule has 1 aliphatic rings. The Morgan fingerprint density at radius 3 is 2.39 bits per heavy atom. The van der Waals surface area contributed by atoms with Gasteiger partial charge in [0, 0.05) is 12.0 Å². The van der Waals surface area contributed by atoms with Gasteiger partial charge in [0.2, 0.25) is 5.91 Å². The monoisotopic (exact) mass is 254 g/mol. The Kier molecular flexibility index (Phi) is 6.69. The average molecular weight is 254 g/mol. The highest BCUT2D eigenvalue weighted by Crippen LogP contribution is 2.25. The fourth-order valence-corrected chi connectivity index (χ4v) is 2.86. The highest BCUT2D eigenvalue weighted by atomic mass is 16.1. The zero-order valence-electron chi connectivity index (χ0n) is 12.1. The molecule has 3 N–H and O–H groups in total. The van der Waals surface area contributed by atoms with E-state index in [2.05, 4.69) is 19.2 Å². The quantitative estimate of drug-likeness (QED) is 0.716. The Hall–Kier alpha value is -0.570. The van der Waals surface area contributed by atoms with Gasteiger partial charge in [-0.05, 0) is 45.1 Å². The largest absolute Gasteiger partial charge is 0.351 e.